The van der Waals surface area contributed by atoms with Crippen LogP contribution in [0.3, 0.4) is 0 Å². The molecule has 1 saturated heterocycles. The molecule has 0 saturated carbocycles. The summed E-state index contributed by atoms with van der Waals surface area (Å²) in [6, 6.07) is 5.66. The van der Waals surface area contributed by atoms with Gasteiger partial charge < -0.3 is 10.6 Å². The van der Waals surface area contributed by atoms with Crippen LogP contribution in [0.25, 0.3) is 0 Å². The number of rotatable bonds is 4. The number of hydrogen-bond acceptors (Lipinski definition) is 5. The molecule has 0 bridgehead atoms. The van der Waals surface area contributed by atoms with Gasteiger partial charge in [0.25, 0.3) is 5.69 Å². The van der Waals surface area contributed by atoms with Crippen LogP contribution in [-0.4, -0.2) is 47.4 Å². The van der Waals surface area contributed by atoms with Crippen molar-refractivity contribution in [2.24, 2.45) is 0 Å². The maximum absolute atomic E-state index is 10.9. The first-order chi connectivity index (χ1) is 9.51. The average Bonchev–Trinajstić information content (AvgIpc) is 2.42. The predicted octanol–water partition coefficient (Wildman–Crippen LogP) is 1.70. The van der Waals surface area contributed by atoms with E-state index in [0.29, 0.717) is 6.04 Å². The fraction of sp³-hybridized carbons (Fsp3) is 0.571. The molecule has 0 aliphatic carbocycles. The third kappa shape index (κ3) is 3.26. The standard InChI is InChI=1S/C14H22N4O2/c1-3-12-10-17(7-6-16(12)2)9-11-4-5-13(15)14(8-11)18(19)20/h4-5,8,12H,3,6-7,9-10,15H2,1-2H3. The van der Waals surface area contributed by atoms with Gasteiger partial charge in [-0.15, -0.1) is 0 Å². The molecule has 1 unspecified atom stereocenters. The van der Waals surface area contributed by atoms with E-state index in [4.69, 9.17) is 5.73 Å². The van der Waals surface area contributed by atoms with Crippen LogP contribution in [0.2, 0.25) is 0 Å². The van der Waals surface area contributed by atoms with Gasteiger partial charge in [0.2, 0.25) is 0 Å². The number of nitrogen functional groups attached to an aromatic ring is 1. The number of anilines is 1. The number of hydrogen-bond donors (Lipinski definition) is 1. The molecule has 110 valence electrons. The fourth-order valence-corrected chi connectivity index (χ4v) is 2.70. The largest absolute Gasteiger partial charge is 0.393 e. The van der Waals surface area contributed by atoms with Crippen LogP contribution in [0.1, 0.15) is 18.9 Å². The molecular weight excluding hydrogens is 256 g/mol. The zero-order chi connectivity index (χ0) is 14.7. The Hall–Kier alpha value is -1.66. The molecule has 6 nitrogen and oxygen atoms in total. The van der Waals surface area contributed by atoms with Crippen molar-refractivity contribution in [3.63, 3.8) is 0 Å². The molecule has 0 radical (unpaired) electrons. The Balaban J connectivity index is 2.07. The summed E-state index contributed by atoms with van der Waals surface area (Å²) in [6.45, 7) is 5.97. The molecule has 1 heterocycles. The average molecular weight is 278 g/mol. The van der Waals surface area contributed by atoms with Gasteiger partial charge in [0.05, 0.1) is 4.92 Å². The molecular formula is C14H22N4O2. The number of piperazine rings is 1. The Kier molecular flexibility index (Phi) is 4.57. The predicted molar refractivity (Wildman–Crippen MR) is 79.5 cm³/mol. The molecule has 1 aliphatic rings. The van der Waals surface area contributed by atoms with Gasteiger partial charge in [-0.1, -0.05) is 13.0 Å². The summed E-state index contributed by atoms with van der Waals surface area (Å²) in [5, 5.41) is 10.9. The minimum absolute atomic E-state index is 0.00340. The van der Waals surface area contributed by atoms with E-state index in [1.165, 1.54) is 0 Å². The van der Waals surface area contributed by atoms with Crippen molar-refractivity contribution in [3.8, 4) is 0 Å². The molecule has 0 amide bonds. The molecule has 1 atom stereocenters. The Labute approximate surface area is 119 Å². The molecule has 1 fully saturated rings. The molecule has 20 heavy (non-hydrogen) atoms. The summed E-state index contributed by atoms with van der Waals surface area (Å²) in [4.78, 5) is 15.2. The number of nitro benzene ring substituents is 1. The van der Waals surface area contributed by atoms with Gasteiger partial charge in [0, 0.05) is 38.3 Å². The van der Waals surface area contributed by atoms with E-state index in [1.807, 2.05) is 6.07 Å². The molecule has 6 heteroatoms. The fourth-order valence-electron chi connectivity index (χ4n) is 2.70. The number of likely N-dealkylation sites (N-methyl/N-ethyl adjacent to an activating group) is 1. The van der Waals surface area contributed by atoms with Crippen molar-refractivity contribution < 1.29 is 4.92 Å². The first-order valence-electron chi connectivity index (χ1n) is 6.96. The molecule has 0 spiro atoms. The first-order valence-corrected chi connectivity index (χ1v) is 6.96. The monoisotopic (exact) mass is 278 g/mol. The van der Waals surface area contributed by atoms with Gasteiger partial charge in [-0.2, -0.15) is 0 Å². The van der Waals surface area contributed by atoms with Crippen molar-refractivity contribution in [1.82, 2.24) is 9.80 Å². The second-order valence-corrected chi connectivity index (χ2v) is 5.43. The minimum atomic E-state index is -0.419. The molecule has 0 aromatic heterocycles. The number of nitrogens with two attached hydrogens (primary N) is 1. The van der Waals surface area contributed by atoms with E-state index < -0.39 is 4.92 Å². The molecule has 1 aromatic carbocycles. The highest BCUT2D eigenvalue weighted by Crippen LogP contribution is 2.23. The van der Waals surface area contributed by atoms with E-state index in [9.17, 15) is 10.1 Å². The van der Waals surface area contributed by atoms with Crippen molar-refractivity contribution >= 4 is 11.4 Å². The van der Waals surface area contributed by atoms with E-state index >= 15 is 0 Å². The van der Waals surface area contributed by atoms with Crippen LogP contribution < -0.4 is 5.73 Å². The summed E-state index contributed by atoms with van der Waals surface area (Å²) in [5.41, 5.74) is 6.80. The van der Waals surface area contributed by atoms with Crippen LogP contribution in [0, 0.1) is 10.1 Å². The SMILES string of the molecule is CCC1CN(Cc2ccc(N)c([N+](=O)[O-])c2)CCN1C. The van der Waals surface area contributed by atoms with Gasteiger partial charge in [-0.25, -0.2) is 0 Å². The summed E-state index contributed by atoms with van der Waals surface area (Å²) in [6.07, 6.45) is 1.12. The highest BCUT2D eigenvalue weighted by Gasteiger charge is 2.23. The van der Waals surface area contributed by atoms with Gasteiger partial charge in [-0.05, 0) is 25.1 Å². The van der Waals surface area contributed by atoms with Gasteiger partial charge in [0.1, 0.15) is 5.69 Å². The van der Waals surface area contributed by atoms with E-state index in [1.54, 1.807) is 12.1 Å². The van der Waals surface area contributed by atoms with Crippen LogP contribution >= 0.6 is 0 Å². The Morgan fingerprint density at radius 2 is 2.20 bits per heavy atom. The van der Waals surface area contributed by atoms with E-state index in [2.05, 4.69) is 23.8 Å². The molecule has 1 aliphatic heterocycles. The summed E-state index contributed by atoms with van der Waals surface area (Å²) < 4.78 is 0. The summed E-state index contributed by atoms with van der Waals surface area (Å²) in [7, 11) is 2.15. The van der Waals surface area contributed by atoms with Crippen molar-refractivity contribution in [2.45, 2.75) is 25.9 Å². The lowest BCUT2D eigenvalue weighted by Crippen LogP contribution is -2.50. The minimum Gasteiger partial charge on any atom is -0.393 e. The van der Waals surface area contributed by atoms with Crippen LogP contribution in [0.4, 0.5) is 11.4 Å². The van der Waals surface area contributed by atoms with Gasteiger partial charge >= 0.3 is 0 Å². The smallest absolute Gasteiger partial charge is 0.292 e. The topological polar surface area (TPSA) is 75.6 Å². The molecule has 1 aromatic rings. The first kappa shape index (κ1) is 14.7. The molecule has 2 N–H and O–H groups in total. The van der Waals surface area contributed by atoms with Crippen molar-refractivity contribution in [1.29, 1.82) is 0 Å². The number of benzene rings is 1. The lowest BCUT2D eigenvalue weighted by molar-refractivity contribution is -0.384. The Morgan fingerprint density at radius 1 is 1.45 bits per heavy atom. The number of nitrogens with zero attached hydrogens (tertiary/aromatic N) is 3. The number of nitro groups is 1. The lowest BCUT2D eigenvalue weighted by Gasteiger charge is -2.39. The maximum Gasteiger partial charge on any atom is 0.292 e. The molecule has 2 rings (SSSR count). The van der Waals surface area contributed by atoms with E-state index in [-0.39, 0.29) is 11.4 Å². The Morgan fingerprint density at radius 3 is 2.85 bits per heavy atom. The van der Waals surface area contributed by atoms with Crippen LogP contribution in [0.15, 0.2) is 18.2 Å². The quantitative estimate of drug-likeness (QED) is 0.515. The Bertz CT molecular complexity index is 492. The highest BCUT2D eigenvalue weighted by molar-refractivity contribution is 5.59. The van der Waals surface area contributed by atoms with Crippen LogP contribution in [0.5, 0.6) is 0 Å². The summed E-state index contributed by atoms with van der Waals surface area (Å²) in [5.74, 6) is 0. The van der Waals surface area contributed by atoms with Gasteiger partial charge in [-0.3, -0.25) is 15.0 Å². The third-order valence-corrected chi connectivity index (χ3v) is 4.03. The zero-order valence-electron chi connectivity index (χ0n) is 12.1. The van der Waals surface area contributed by atoms with Crippen molar-refractivity contribution in [2.75, 3.05) is 32.4 Å². The van der Waals surface area contributed by atoms with Gasteiger partial charge in [0.15, 0.2) is 0 Å². The summed E-state index contributed by atoms with van der Waals surface area (Å²) >= 11 is 0. The highest BCUT2D eigenvalue weighted by atomic mass is 16.6. The second-order valence-electron chi connectivity index (χ2n) is 5.43. The third-order valence-electron chi connectivity index (χ3n) is 4.03. The van der Waals surface area contributed by atoms with Crippen molar-refractivity contribution in [3.05, 3.63) is 33.9 Å². The normalized spacial score (nSPS) is 21.0. The zero-order valence-corrected chi connectivity index (χ0v) is 12.1. The van der Waals surface area contributed by atoms with E-state index in [0.717, 1.165) is 38.2 Å². The lowest BCUT2D eigenvalue weighted by atomic mass is 10.1. The van der Waals surface area contributed by atoms with Crippen LogP contribution in [-0.2, 0) is 6.54 Å². The second kappa shape index (κ2) is 6.19. The maximum atomic E-state index is 10.9.